The molecule has 3 nitrogen and oxygen atoms in total. The molecule has 0 unspecified atom stereocenters. The zero-order valence-electron chi connectivity index (χ0n) is 11.8. The van der Waals surface area contributed by atoms with Crippen molar-refractivity contribution in [2.24, 2.45) is 4.99 Å². The minimum Gasteiger partial charge on any atom is -0.300 e. The molecule has 0 spiro atoms. The van der Waals surface area contributed by atoms with Crippen LogP contribution in [0.4, 0.5) is 5.69 Å². The summed E-state index contributed by atoms with van der Waals surface area (Å²) in [6, 6.07) is 11.7. The molecule has 2 heterocycles. The van der Waals surface area contributed by atoms with E-state index >= 15 is 0 Å². The second kappa shape index (κ2) is 6.69. The van der Waals surface area contributed by atoms with E-state index < -0.39 is 0 Å². The number of amides is 1. The van der Waals surface area contributed by atoms with Crippen LogP contribution >= 0.6 is 34.7 Å². The van der Waals surface area contributed by atoms with Gasteiger partial charge in [0.15, 0.2) is 5.17 Å². The van der Waals surface area contributed by atoms with Crippen molar-refractivity contribution >= 4 is 57.5 Å². The van der Waals surface area contributed by atoms with Crippen LogP contribution in [-0.2, 0) is 11.2 Å². The average Bonchev–Trinajstić information content (AvgIpc) is 3.06. The Labute approximate surface area is 142 Å². The molecule has 1 amide bonds. The first-order chi connectivity index (χ1) is 10.6. The fourth-order valence-corrected chi connectivity index (χ4v) is 3.85. The largest absolute Gasteiger partial charge is 0.300 e. The Kier molecular flexibility index (Phi) is 4.66. The zero-order chi connectivity index (χ0) is 15.5. The summed E-state index contributed by atoms with van der Waals surface area (Å²) in [6.07, 6.45) is 2.83. The summed E-state index contributed by atoms with van der Waals surface area (Å²) in [4.78, 5) is 18.0. The van der Waals surface area contributed by atoms with Crippen LogP contribution in [0.2, 0.25) is 4.34 Å². The lowest BCUT2D eigenvalue weighted by Crippen LogP contribution is -2.19. The van der Waals surface area contributed by atoms with Crippen LogP contribution in [0.1, 0.15) is 17.4 Å². The predicted octanol–water partition coefficient (Wildman–Crippen LogP) is 4.86. The molecule has 3 rings (SSSR count). The molecular formula is C16H13ClN2OS2. The van der Waals surface area contributed by atoms with E-state index in [1.54, 1.807) is 0 Å². The number of benzene rings is 1. The summed E-state index contributed by atoms with van der Waals surface area (Å²) in [5.74, 6) is -0.126. The molecule has 1 N–H and O–H groups in total. The quantitative estimate of drug-likeness (QED) is 0.805. The number of halogens is 1. The van der Waals surface area contributed by atoms with E-state index in [-0.39, 0.29) is 5.91 Å². The summed E-state index contributed by atoms with van der Waals surface area (Å²) in [5.41, 5.74) is 2.10. The third-order valence-corrected chi connectivity index (χ3v) is 5.18. The van der Waals surface area contributed by atoms with E-state index in [2.05, 4.69) is 17.2 Å². The number of nitrogens with zero attached hydrogens (tertiary/aromatic N) is 1. The normalized spacial score (nSPS) is 18.2. The number of carbonyl (C=O) groups excluding carboxylic acids is 1. The smallest absolute Gasteiger partial charge is 0.264 e. The number of amidine groups is 1. The molecule has 1 aromatic carbocycles. The van der Waals surface area contributed by atoms with Crippen molar-refractivity contribution in [3.63, 3.8) is 0 Å². The lowest BCUT2D eigenvalue weighted by Gasteiger charge is -1.98. The summed E-state index contributed by atoms with van der Waals surface area (Å²) >= 11 is 8.68. The topological polar surface area (TPSA) is 41.5 Å². The van der Waals surface area contributed by atoms with E-state index in [1.807, 2.05) is 42.5 Å². The van der Waals surface area contributed by atoms with E-state index in [0.717, 1.165) is 17.0 Å². The first kappa shape index (κ1) is 15.3. The maximum atomic E-state index is 12.0. The fourth-order valence-electron chi connectivity index (χ4n) is 1.94. The minimum atomic E-state index is -0.126. The van der Waals surface area contributed by atoms with Gasteiger partial charge in [-0.15, -0.1) is 11.3 Å². The van der Waals surface area contributed by atoms with Gasteiger partial charge in [-0.3, -0.25) is 4.79 Å². The highest BCUT2D eigenvalue weighted by molar-refractivity contribution is 8.18. The number of aliphatic imine (C=N–C) groups is 1. The number of hydrogen-bond donors (Lipinski definition) is 1. The van der Waals surface area contributed by atoms with E-state index in [9.17, 15) is 4.79 Å². The van der Waals surface area contributed by atoms with Crippen LogP contribution in [0.15, 0.2) is 46.3 Å². The van der Waals surface area contributed by atoms with Crippen LogP contribution in [0.25, 0.3) is 6.08 Å². The third-order valence-electron chi connectivity index (χ3n) is 3.09. The van der Waals surface area contributed by atoms with Crippen molar-refractivity contribution in [2.75, 3.05) is 0 Å². The molecule has 22 heavy (non-hydrogen) atoms. The van der Waals surface area contributed by atoms with Crippen molar-refractivity contribution < 1.29 is 4.79 Å². The van der Waals surface area contributed by atoms with Gasteiger partial charge < -0.3 is 5.32 Å². The zero-order valence-corrected chi connectivity index (χ0v) is 14.2. The van der Waals surface area contributed by atoms with Crippen molar-refractivity contribution in [3.8, 4) is 0 Å². The molecule has 1 aromatic heterocycles. The number of rotatable bonds is 3. The van der Waals surface area contributed by atoms with E-state index in [1.165, 1.54) is 28.7 Å². The van der Waals surface area contributed by atoms with Gasteiger partial charge in [-0.05, 0) is 54.1 Å². The number of carbonyl (C=O) groups is 1. The van der Waals surface area contributed by atoms with Crippen LogP contribution < -0.4 is 5.32 Å². The van der Waals surface area contributed by atoms with Crippen molar-refractivity contribution in [2.45, 2.75) is 13.3 Å². The fraction of sp³-hybridized carbons (Fsp3) is 0.125. The molecule has 1 saturated heterocycles. The highest BCUT2D eigenvalue weighted by Gasteiger charge is 2.23. The van der Waals surface area contributed by atoms with E-state index in [0.29, 0.717) is 14.4 Å². The molecule has 0 bridgehead atoms. The molecular weight excluding hydrogens is 336 g/mol. The van der Waals surface area contributed by atoms with Gasteiger partial charge in [-0.1, -0.05) is 30.7 Å². The number of thioether (sulfide) groups is 1. The van der Waals surface area contributed by atoms with Crippen molar-refractivity contribution in [1.29, 1.82) is 0 Å². The Morgan fingerprint density at radius 1 is 1.23 bits per heavy atom. The van der Waals surface area contributed by atoms with Crippen LogP contribution in [-0.4, -0.2) is 11.1 Å². The lowest BCUT2D eigenvalue weighted by atomic mass is 10.2. The predicted molar refractivity (Wildman–Crippen MR) is 96.0 cm³/mol. The van der Waals surface area contributed by atoms with Gasteiger partial charge >= 0.3 is 0 Å². The Bertz CT molecular complexity index is 763. The van der Waals surface area contributed by atoms with Crippen LogP contribution in [0.5, 0.6) is 0 Å². The Hall–Kier alpha value is -1.56. The highest BCUT2D eigenvalue weighted by Crippen LogP contribution is 2.31. The molecule has 1 aliphatic rings. The van der Waals surface area contributed by atoms with Gasteiger partial charge in [0, 0.05) is 4.88 Å². The molecule has 0 aliphatic carbocycles. The van der Waals surface area contributed by atoms with Gasteiger partial charge in [0.2, 0.25) is 0 Å². The summed E-state index contributed by atoms with van der Waals surface area (Å²) in [7, 11) is 0. The number of hydrogen-bond acceptors (Lipinski definition) is 4. The summed E-state index contributed by atoms with van der Waals surface area (Å²) in [5, 5.41) is 3.39. The van der Waals surface area contributed by atoms with E-state index in [4.69, 9.17) is 11.6 Å². The van der Waals surface area contributed by atoms with Crippen molar-refractivity contribution in [3.05, 3.63) is 56.1 Å². The maximum absolute atomic E-state index is 12.0. The third kappa shape index (κ3) is 3.61. The molecule has 1 fully saturated rings. The Morgan fingerprint density at radius 3 is 2.64 bits per heavy atom. The number of aryl methyl sites for hydroxylation is 1. The summed E-state index contributed by atoms with van der Waals surface area (Å²) < 4.78 is 0.708. The summed E-state index contributed by atoms with van der Waals surface area (Å²) in [6.45, 7) is 2.11. The average molecular weight is 349 g/mol. The molecule has 1 aliphatic heterocycles. The second-order valence-electron chi connectivity index (χ2n) is 4.64. The van der Waals surface area contributed by atoms with Gasteiger partial charge in [-0.2, -0.15) is 0 Å². The molecule has 6 heteroatoms. The SMILES string of the molecule is CCc1ccc(N=C2NC(=O)C(=Cc3ccc(Cl)s3)S2)cc1. The first-order valence-corrected chi connectivity index (χ1v) is 8.79. The van der Waals surface area contributed by atoms with Crippen molar-refractivity contribution in [1.82, 2.24) is 5.32 Å². The molecule has 0 atom stereocenters. The Morgan fingerprint density at radius 2 is 2.00 bits per heavy atom. The van der Waals surface area contributed by atoms with Gasteiger partial charge in [0.25, 0.3) is 5.91 Å². The molecule has 0 radical (unpaired) electrons. The standard InChI is InChI=1S/C16H13ClN2OS2/c1-2-10-3-5-11(6-4-10)18-16-19-15(20)13(22-16)9-12-7-8-14(17)21-12/h3-9H,2H2,1H3,(H,18,19,20). The second-order valence-corrected chi connectivity index (χ2v) is 7.42. The van der Waals surface area contributed by atoms with Gasteiger partial charge in [-0.25, -0.2) is 4.99 Å². The number of nitrogens with one attached hydrogen (secondary N) is 1. The van der Waals surface area contributed by atoms with Gasteiger partial charge in [0.1, 0.15) is 0 Å². The molecule has 2 aromatic rings. The lowest BCUT2D eigenvalue weighted by molar-refractivity contribution is -0.115. The van der Waals surface area contributed by atoms with Crippen LogP contribution in [0, 0.1) is 0 Å². The molecule has 0 saturated carbocycles. The van der Waals surface area contributed by atoms with Gasteiger partial charge in [0.05, 0.1) is 14.9 Å². The Balaban J connectivity index is 1.78. The minimum absolute atomic E-state index is 0.126. The first-order valence-electron chi connectivity index (χ1n) is 6.78. The van der Waals surface area contributed by atoms with Crippen LogP contribution in [0.3, 0.4) is 0 Å². The monoisotopic (exact) mass is 348 g/mol. The molecule has 112 valence electrons. The number of thiophene rings is 1. The maximum Gasteiger partial charge on any atom is 0.264 e. The highest BCUT2D eigenvalue weighted by atomic mass is 35.5.